The number of aromatic amines is 1. The Bertz CT molecular complexity index is 831. The van der Waals surface area contributed by atoms with Crippen molar-refractivity contribution in [1.29, 1.82) is 0 Å². The van der Waals surface area contributed by atoms with E-state index in [4.69, 9.17) is 0 Å². The molecular formula is C12H7F13NO4Si. The van der Waals surface area contributed by atoms with Crippen LogP contribution in [0.25, 0.3) is 0 Å². The number of rotatable bonds is 9. The molecule has 0 amide bonds. The van der Waals surface area contributed by atoms with Crippen LogP contribution in [0.2, 0.25) is 0 Å². The molecule has 0 aliphatic rings. The summed E-state index contributed by atoms with van der Waals surface area (Å²) in [5, 5.41) is 10.8. The van der Waals surface area contributed by atoms with E-state index in [2.05, 4.69) is 19.4 Å². The van der Waals surface area contributed by atoms with Crippen LogP contribution in [0.1, 0.15) is 24.6 Å². The molecule has 0 aliphatic heterocycles. The molecule has 0 spiro atoms. The van der Waals surface area contributed by atoms with E-state index in [0.717, 1.165) is 0 Å². The molecule has 3 radical (unpaired) electrons. The van der Waals surface area contributed by atoms with E-state index in [1.807, 2.05) is 0 Å². The average Bonchev–Trinajstić information content (AvgIpc) is 2.93. The van der Waals surface area contributed by atoms with Crippen LogP contribution in [0.5, 0.6) is 5.75 Å². The second-order valence-electron chi connectivity index (χ2n) is 5.90. The zero-order chi connectivity index (χ0) is 24.8. The summed E-state index contributed by atoms with van der Waals surface area (Å²) >= 11 is 0. The molecule has 5 nitrogen and oxygen atoms in total. The Labute approximate surface area is 164 Å². The van der Waals surface area contributed by atoms with Gasteiger partial charge in [-0.25, -0.2) is 9.95 Å². The van der Waals surface area contributed by atoms with Gasteiger partial charge < -0.3 is 14.1 Å². The number of hydrogen-bond donors (Lipinski definition) is 2. The van der Waals surface area contributed by atoms with Crippen LogP contribution in [0, 0.1) is 0 Å². The molecule has 1 atom stereocenters. The van der Waals surface area contributed by atoms with Crippen LogP contribution in [-0.4, -0.2) is 56.5 Å². The second kappa shape index (κ2) is 7.89. The zero-order valence-corrected chi connectivity index (χ0v) is 15.1. The summed E-state index contributed by atoms with van der Waals surface area (Å²) in [5.74, 6) is -38.8. The van der Waals surface area contributed by atoms with Gasteiger partial charge in [0.2, 0.25) is 16.2 Å². The Balaban J connectivity index is 3.27. The summed E-state index contributed by atoms with van der Waals surface area (Å²) in [5.41, 5.74) is -2.44. The molecule has 1 aromatic heterocycles. The van der Waals surface area contributed by atoms with Crippen LogP contribution in [0.15, 0.2) is 9.32 Å². The van der Waals surface area contributed by atoms with Crippen LogP contribution in [0.3, 0.4) is 0 Å². The number of aromatic hydroxyl groups is 1. The van der Waals surface area contributed by atoms with Crippen LogP contribution < -0.4 is 5.63 Å². The third-order valence-corrected chi connectivity index (χ3v) is 4.17. The topological polar surface area (TPSA) is 75.5 Å². The third-order valence-electron chi connectivity index (χ3n) is 3.89. The molecule has 0 aromatic carbocycles. The molecule has 1 aromatic rings. The van der Waals surface area contributed by atoms with Crippen molar-refractivity contribution in [3.05, 3.63) is 16.1 Å². The predicted octanol–water partition coefficient (Wildman–Crippen LogP) is 4.33. The first-order chi connectivity index (χ1) is 13.6. The highest BCUT2D eigenvalue weighted by Crippen LogP contribution is 2.60. The number of halogens is 13. The van der Waals surface area contributed by atoms with E-state index >= 15 is 0 Å². The molecule has 1 unspecified atom stereocenters. The maximum Gasteiger partial charge on any atom is 0.460 e. The van der Waals surface area contributed by atoms with Crippen molar-refractivity contribution in [2.45, 2.75) is 54.7 Å². The second-order valence-corrected chi connectivity index (χ2v) is 6.13. The molecule has 0 saturated carbocycles. The molecule has 0 saturated heterocycles. The van der Waals surface area contributed by atoms with Gasteiger partial charge in [0.15, 0.2) is 0 Å². The molecule has 19 heteroatoms. The Morgan fingerprint density at radius 3 is 1.68 bits per heavy atom. The molecular weight excluding hydrogens is 497 g/mol. The summed E-state index contributed by atoms with van der Waals surface area (Å²) in [6.07, 6.45) is -13.8. The predicted molar refractivity (Wildman–Crippen MR) is 70.6 cm³/mol. The van der Waals surface area contributed by atoms with Crippen molar-refractivity contribution in [1.82, 2.24) is 5.16 Å². The SMILES string of the molecule is O=c1o[nH]c(C(CCC(F)(F)C(F)(F)C(F)(F)C(F)(F)C(F)(F)C(F)(F)F)O[Si])c1O. The van der Waals surface area contributed by atoms with Crippen molar-refractivity contribution in [2.24, 2.45) is 0 Å². The van der Waals surface area contributed by atoms with Crippen molar-refractivity contribution in [3.63, 3.8) is 0 Å². The highest BCUT2D eigenvalue weighted by atomic mass is 28.2. The van der Waals surface area contributed by atoms with Crippen molar-refractivity contribution < 1.29 is 71.1 Å². The normalized spacial score (nSPS) is 15.9. The maximum atomic E-state index is 13.7. The van der Waals surface area contributed by atoms with Crippen molar-refractivity contribution >= 4 is 10.5 Å². The Hall–Kier alpha value is -1.92. The highest BCUT2D eigenvalue weighted by molar-refractivity contribution is 5.98. The van der Waals surface area contributed by atoms with Crippen LogP contribution >= 0.6 is 0 Å². The van der Waals surface area contributed by atoms with Crippen molar-refractivity contribution in [2.75, 3.05) is 0 Å². The molecule has 2 N–H and O–H groups in total. The van der Waals surface area contributed by atoms with Crippen LogP contribution in [0.4, 0.5) is 57.1 Å². The minimum absolute atomic E-state index is 0.917. The van der Waals surface area contributed by atoms with Gasteiger partial charge in [-0.2, -0.15) is 57.1 Å². The Kier molecular flexibility index (Phi) is 6.90. The van der Waals surface area contributed by atoms with E-state index in [9.17, 15) is 67.0 Å². The van der Waals surface area contributed by atoms with Gasteiger partial charge in [0, 0.05) is 6.42 Å². The first kappa shape index (κ1) is 27.1. The fourth-order valence-electron chi connectivity index (χ4n) is 2.06. The quantitative estimate of drug-likeness (QED) is 0.388. The van der Waals surface area contributed by atoms with Gasteiger partial charge in [-0.1, -0.05) is 0 Å². The summed E-state index contributed by atoms with van der Waals surface area (Å²) < 4.78 is 177. The molecule has 0 aliphatic carbocycles. The zero-order valence-electron chi connectivity index (χ0n) is 14.1. The summed E-state index contributed by atoms with van der Waals surface area (Å²) in [6, 6.07) is 0. The van der Waals surface area contributed by atoms with E-state index in [-0.39, 0.29) is 0 Å². The van der Waals surface area contributed by atoms with Gasteiger partial charge in [0.25, 0.3) is 0 Å². The monoisotopic (exact) mass is 504 g/mol. The van der Waals surface area contributed by atoms with E-state index < -0.39 is 71.8 Å². The first-order valence-corrected chi connectivity index (χ1v) is 7.69. The fraction of sp³-hybridized carbons (Fsp3) is 0.750. The third kappa shape index (κ3) is 4.12. The number of nitrogens with one attached hydrogen (secondary N) is 1. The molecule has 31 heavy (non-hydrogen) atoms. The fourth-order valence-corrected chi connectivity index (χ4v) is 2.30. The van der Waals surface area contributed by atoms with Gasteiger partial charge in [0.1, 0.15) is 5.69 Å². The van der Waals surface area contributed by atoms with Crippen molar-refractivity contribution in [3.8, 4) is 5.75 Å². The molecule has 0 bridgehead atoms. The lowest BCUT2D eigenvalue weighted by Crippen LogP contribution is -2.70. The highest BCUT2D eigenvalue weighted by Gasteiger charge is 2.90. The first-order valence-electron chi connectivity index (χ1n) is 7.28. The Morgan fingerprint density at radius 1 is 0.871 bits per heavy atom. The number of H-pyrrole nitrogens is 1. The summed E-state index contributed by atoms with van der Waals surface area (Å²) in [7, 11) is 2.19. The molecule has 1 heterocycles. The Morgan fingerprint density at radius 2 is 1.32 bits per heavy atom. The molecule has 179 valence electrons. The van der Waals surface area contributed by atoms with Gasteiger partial charge >= 0.3 is 41.4 Å². The largest absolute Gasteiger partial charge is 0.500 e. The van der Waals surface area contributed by atoms with E-state index in [1.54, 1.807) is 5.16 Å². The lowest BCUT2D eigenvalue weighted by atomic mass is 9.91. The smallest absolute Gasteiger partial charge is 0.460 e. The number of hydrogen-bond acceptors (Lipinski definition) is 4. The molecule has 1 rings (SSSR count). The van der Waals surface area contributed by atoms with E-state index in [0.29, 0.717) is 0 Å². The molecule has 0 fully saturated rings. The standard InChI is InChI=1S/C12H7F13NO4Si/c13-7(14,2-1-3(30-31)4-5(27)6(28)29-26-4)8(15,16)9(17,18)10(19,20)11(21,22)12(23,24)25/h3,26-27H,1-2H2. The minimum atomic E-state index is -8.00. The van der Waals surface area contributed by atoms with Crippen LogP contribution in [-0.2, 0) is 4.43 Å². The number of alkyl halides is 13. The summed E-state index contributed by atoms with van der Waals surface area (Å²) in [4.78, 5) is 10.9. The minimum Gasteiger partial charge on any atom is -0.500 e. The lowest BCUT2D eigenvalue weighted by molar-refractivity contribution is -0.440. The lowest BCUT2D eigenvalue weighted by Gasteiger charge is -2.40. The average molecular weight is 504 g/mol. The van der Waals surface area contributed by atoms with Gasteiger partial charge in [0.05, 0.1) is 6.10 Å². The van der Waals surface area contributed by atoms with Gasteiger partial charge in [-0.3, -0.25) is 0 Å². The van der Waals surface area contributed by atoms with Gasteiger partial charge in [-0.15, -0.1) is 0 Å². The van der Waals surface area contributed by atoms with Gasteiger partial charge in [-0.05, 0) is 6.42 Å². The number of aromatic nitrogens is 1. The van der Waals surface area contributed by atoms with E-state index in [1.165, 1.54) is 0 Å². The summed E-state index contributed by atoms with van der Waals surface area (Å²) in [6.45, 7) is 0. The maximum absolute atomic E-state index is 13.7.